The highest BCUT2D eigenvalue weighted by Crippen LogP contribution is 2.32. The molecule has 5 heteroatoms. The van der Waals surface area contributed by atoms with E-state index in [1.165, 1.54) is 17.8 Å². The molecule has 116 valence electrons. The summed E-state index contributed by atoms with van der Waals surface area (Å²) in [6, 6.07) is 11.1. The van der Waals surface area contributed by atoms with E-state index in [9.17, 15) is 9.18 Å². The Morgan fingerprint density at radius 2 is 2.09 bits per heavy atom. The van der Waals surface area contributed by atoms with Crippen LogP contribution in [0.25, 0.3) is 5.65 Å². The highest BCUT2D eigenvalue weighted by Gasteiger charge is 2.30. The number of fused-ring (bicyclic) bond motifs is 2. The summed E-state index contributed by atoms with van der Waals surface area (Å²) in [5.74, 6) is -0.304. The number of imidazole rings is 1. The van der Waals surface area contributed by atoms with E-state index < -0.39 is 0 Å². The number of aromatic nitrogens is 2. The van der Waals surface area contributed by atoms with Crippen LogP contribution in [-0.2, 0) is 17.6 Å². The van der Waals surface area contributed by atoms with Gasteiger partial charge in [0.25, 0.3) is 0 Å². The van der Waals surface area contributed by atoms with Crippen LogP contribution >= 0.6 is 0 Å². The molecule has 1 amide bonds. The van der Waals surface area contributed by atoms with Crippen LogP contribution in [0.5, 0.6) is 0 Å². The average Bonchev–Trinajstić information content (AvgIpc) is 3.05. The van der Waals surface area contributed by atoms with Crippen molar-refractivity contribution >= 4 is 17.2 Å². The molecule has 0 bridgehead atoms. The van der Waals surface area contributed by atoms with Crippen LogP contribution < -0.4 is 4.90 Å². The minimum Gasteiger partial charge on any atom is -0.309 e. The van der Waals surface area contributed by atoms with Crippen molar-refractivity contribution in [2.45, 2.75) is 25.8 Å². The van der Waals surface area contributed by atoms with E-state index in [0.29, 0.717) is 11.3 Å². The average molecular weight is 309 g/mol. The molecule has 3 heterocycles. The molecule has 1 atom stereocenters. The molecule has 0 N–H and O–H groups in total. The highest BCUT2D eigenvalue weighted by atomic mass is 19.1. The topological polar surface area (TPSA) is 37.6 Å². The smallest absolute Gasteiger partial charge is 0.233 e. The van der Waals surface area contributed by atoms with Crippen molar-refractivity contribution in [2.75, 3.05) is 4.90 Å². The van der Waals surface area contributed by atoms with Crippen LogP contribution in [0, 0.1) is 5.82 Å². The van der Waals surface area contributed by atoms with E-state index in [0.717, 1.165) is 12.1 Å². The lowest BCUT2D eigenvalue weighted by Gasteiger charge is -2.22. The molecule has 0 saturated carbocycles. The van der Waals surface area contributed by atoms with Gasteiger partial charge in [-0.15, -0.1) is 0 Å². The summed E-state index contributed by atoms with van der Waals surface area (Å²) in [6.07, 6.45) is 4.16. The maximum absolute atomic E-state index is 13.2. The number of halogens is 1. The fraction of sp³-hybridized carbons (Fsp3) is 0.222. The van der Waals surface area contributed by atoms with Crippen LogP contribution in [0.15, 0.2) is 48.8 Å². The molecular weight excluding hydrogens is 293 g/mol. The molecule has 1 aliphatic heterocycles. The number of carbonyl (C=O) groups is 1. The third-order valence-electron chi connectivity index (χ3n) is 4.27. The fourth-order valence-electron chi connectivity index (χ4n) is 3.29. The monoisotopic (exact) mass is 309 g/mol. The zero-order valence-electron chi connectivity index (χ0n) is 12.7. The first-order chi connectivity index (χ1) is 11.1. The second-order valence-corrected chi connectivity index (χ2v) is 5.97. The van der Waals surface area contributed by atoms with Gasteiger partial charge in [0, 0.05) is 24.1 Å². The van der Waals surface area contributed by atoms with E-state index in [1.54, 1.807) is 16.7 Å². The van der Waals surface area contributed by atoms with Crippen LogP contribution in [0.4, 0.5) is 10.1 Å². The number of hydrogen-bond acceptors (Lipinski definition) is 2. The third-order valence-corrected chi connectivity index (χ3v) is 4.27. The van der Waals surface area contributed by atoms with Crippen molar-refractivity contribution < 1.29 is 9.18 Å². The summed E-state index contributed by atoms with van der Waals surface area (Å²) >= 11 is 0. The van der Waals surface area contributed by atoms with Gasteiger partial charge >= 0.3 is 0 Å². The number of anilines is 1. The number of carbonyl (C=O) groups excluding carboxylic acids is 1. The number of pyridine rings is 1. The number of nitrogens with zero attached hydrogens (tertiary/aromatic N) is 3. The molecule has 4 nitrogen and oxygen atoms in total. The molecule has 2 aromatic heterocycles. The zero-order chi connectivity index (χ0) is 16.0. The van der Waals surface area contributed by atoms with Gasteiger partial charge in [-0.05, 0) is 37.1 Å². The largest absolute Gasteiger partial charge is 0.309 e. The van der Waals surface area contributed by atoms with Gasteiger partial charge in [-0.25, -0.2) is 9.37 Å². The Balaban J connectivity index is 1.62. The molecule has 0 spiro atoms. The second-order valence-electron chi connectivity index (χ2n) is 5.97. The molecule has 1 unspecified atom stereocenters. The lowest BCUT2D eigenvalue weighted by Crippen LogP contribution is -2.36. The lowest BCUT2D eigenvalue weighted by atomic mass is 10.1. The molecule has 23 heavy (non-hydrogen) atoms. The Bertz CT molecular complexity index is 902. The Hall–Kier alpha value is -2.69. The van der Waals surface area contributed by atoms with E-state index in [1.807, 2.05) is 23.1 Å². The fourth-order valence-corrected chi connectivity index (χ4v) is 3.29. The molecule has 3 aromatic rings. The summed E-state index contributed by atoms with van der Waals surface area (Å²) in [7, 11) is 0. The minimum absolute atomic E-state index is 0.0197. The summed E-state index contributed by atoms with van der Waals surface area (Å²) in [5, 5.41) is 0. The number of hydrogen-bond donors (Lipinski definition) is 0. The van der Waals surface area contributed by atoms with Gasteiger partial charge in [0.15, 0.2) is 0 Å². The second kappa shape index (κ2) is 5.19. The zero-order valence-corrected chi connectivity index (χ0v) is 12.7. The van der Waals surface area contributed by atoms with Crippen molar-refractivity contribution in [3.05, 3.63) is 65.9 Å². The van der Waals surface area contributed by atoms with Gasteiger partial charge in [0.05, 0.1) is 12.1 Å². The van der Waals surface area contributed by atoms with Gasteiger partial charge in [0.1, 0.15) is 11.5 Å². The maximum atomic E-state index is 13.2. The lowest BCUT2D eigenvalue weighted by molar-refractivity contribution is -0.118. The first-order valence-electron chi connectivity index (χ1n) is 7.65. The summed E-state index contributed by atoms with van der Waals surface area (Å²) in [6.45, 7) is 2.05. The SMILES string of the molecule is CC1Cc2ccccc2N1C(=O)Cc1cn2cc(F)ccc2n1. The Labute approximate surface area is 133 Å². The van der Waals surface area contributed by atoms with Crippen molar-refractivity contribution in [3.8, 4) is 0 Å². The standard InChI is InChI=1S/C18H16FN3O/c1-12-8-13-4-2-3-5-16(13)22(12)18(23)9-15-11-21-10-14(19)6-7-17(21)20-15/h2-7,10-12H,8-9H2,1H3. The van der Waals surface area contributed by atoms with E-state index >= 15 is 0 Å². The van der Waals surface area contributed by atoms with Gasteiger partial charge in [-0.3, -0.25) is 4.79 Å². The van der Waals surface area contributed by atoms with Crippen molar-refractivity contribution in [1.29, 1.82) is 0 Å². The van der Waals surface area contributed by atoms with Gasteiger partial charge < -0.3 is 9.30 Å². The van der Waals surface area contributed by atoms with E-state index in [2.05, 4.69) is 18.0 Å². The quantitative estimate of drug-likeness (QED) is 0.730. The predicted octanol–water partition coefficient (Wildman–Crippen LogP) is 2.99. The van der Waals surface area contributed by atoms with Crippen LogP contribution in [0.2, 0.25) is 0 Å². The van der Waals surface area contributed by atoms with Crippen molar-refractivity contribution in [2.24, 2.45) is 0 Å². The van der Waals surface area contributed by atoms with Crippen LogP contribution in [0.1, 0.15) is 18.2 Å². The number of benzene rings is 1. The first kappa shape index (κ1) is 13.9. The number of para-hydroxylation sites is 1. The number of amides is 1. The Kier molecular flexibility index (Phi) is 3.15. The van der Waals surface area contributed by atoms with E-state index in [4.69, 9.17) is 0 Å². The predicted molar refractivity (Wildman–Crippen MR) is 85.9 cm³/mol. The van der Waals surface area contributed by atoms with Crippen LogP contribution in [0.3, 0.4) is 0 Å². The third kappa shape index (κ3) is 2.38. The Morgan fingerprint density at radius 3 is 2.96 bits per heavy atom. The Morgan fingerprint density at radius 1 is 1.26 bits per heavy atom. The molecule has 1 aliphatic rings. The minimum atomic E-state index is -0.324. The highest BCUT2D eigenvalue weighted by molar-refractivity contribution is 5.97. The summed E-state index contributed by atoms with van der Waals surface area (Å²) < 4.78 is 14.9. The molecule has 0 fully saturated rings. The molecule has 1 aromatic carbocycles. The summed E-state index contributed by atoms with van der Waals surface area (Å²) in [4.78, 5) is 19.0. The van der Waals surface area contributed by atoms with Gasteiger partial charge in [-0.1, -0.05) is 18.2 Å². The molecule has 0 radical (unpaired) electrons. The number of rotatable bonds is 2. The maximum Gasteiger partial charge on any atom is 0.233 e. The molecule has 0 aliphatic carbocycles. The van der Waals surface area contributed by atoms with Gasteiger partial charge in [0.2, 0.25) is 5.91 Å². The first-order valence-corrected chi connectivity index (χ1v) is 7.65. The van der Waals surface area contributed by atoms with Crippen LogP contribution in [-0.4, -0.2) is 21.3 Å². The molecule has 0 saturated heterocycles. The van der Waals surface area contributed by atoms with Gasteiger partial charge in [-0.2, -0.15) is 0 Å². The van der Waals surface area contributed by atoms with E-state index in [-0.39, 0.29) is 24.2 Å². The molecular formula is C18H16FN3O. The molecule has 4 rings (SSSR count). The van der Waals surface area contributed by atoms with Crippen molar-refractivity contribution in [3.63, 3.8) is 0 Å². The normalized spacial score (nSPS) is 16.8. The summed E-state index contributed by atoms with van der Waals surface area (Å²) in [5.41, 5.74) is 3.48. The van der Waals surface area contributed by atoms with Crippen molar-refractivity contribution in [1.82, 2.24) is 9.38 Å².